The highest BCUT2D eigenvalue weighted by Crippen LogP contribution is 2.33. The molecule has 1 nitrogen and oxygen atoms in total. The lowest BCUT2D eigenvalue weighted by atomic mass is 9.74. The Morgan fingerprint density at radius 3 is 2.75 bits per heavy atom. The van der Waals surface area contributed by atoms with E-state index in [0.29, 0.717) is 12.0 Å². The Balaban J connectivity index is 1.98. The molecule has 20 heavy (non-hydrogen) atoms. The number of rotatable bonds is 4. The molecule has 1 saturated carbocycles. The summed E-state index contributed by atoms with van der Waals surface area (Å²) < 4.78 is 13.2. The van der Waals surface area contributed by atoms with Gasteiger partial charge in [0, 0.05) is 12.6 Å². The fourth-order valence-electron chi connectivity index (χ4n) is 3.34. The molecule has 0 spiro atoms. The van der Waals surface area contributed by atoms with Crippen molar-refractivity contribution in [3.8, 4) is 0 Å². The molecule has 1 aliphatic rings. The van der Waals surface area contributed by atoms with E-state index >= 15 is 0 Å². The van der Waals surface area contributed by atoms with Crippen LogP contribution in [0.2, 0.25) is 5.02 Å². The Morgan fingerprint density at radius 2 is 2.10 bits per heavy atom. The van der Waals surface area contributed by atoms with Crippen LogP contribution in [0, 0.1) is 23.6 Å². The van der Waals surface area contributed by atoms with E-state index in [4.69, 9.17) is 11.6 Å². The normalized spacial score (nSPS) is 27.0. The summed E-state index contributed by atoms with van der Waals surface area (Å²) >= 11 is 5.83. The minimum atomic E-state index is -0.346. The van der Waals surface area contributed by atoms with Crippen molar-refractivity contribution in [2.24, 2.45) is 17.8 Å². The molecule has 1 aromatic rings. The van der Waals surface area contributed by atoms with Crippen LogP contribution in [0.1, 0.15) is 45.6 Å². The Hall–Kier alpha value is -0.600. The van der Waals surface area contributed by atoms with Crippen molar-refractivity contribution in [3.63, 3.8) is 0 Å². The fourth-order valence-corrected chi connectivity index (χ4v) is 3.54. The van der Waals surface area contributed by atoms with Gasteiger partial charge in [-0.2, -0.15) is 0 Å². The Morgan fingerprint density at radius 1 is 1.35 bits per heavy atom. The number of nitrogens with one attached hydrogen (secondary N) is 1. The first-order chi connectivity index (χ1) is 9.47. The molecular formula is C17H25ClFN. The summed E-state index contributed by atoms with van der Waals surface area (Å²) in [5.41, 5.74) is 1.05. The molecule has 112 valence electrons. The van der Waals surface area contributed by atoms with Gasteiger partial charge in [0.05, 0.1) is 5.02 Å². The minimum absolute atomic E-state index is 0.210. The zero-order valence-electron chi connectivity index (χ0n) is 12.6. The summed E-state index contributed by atoms with van der Waals surface area (Å²) in [6.07, 6.45) is 3.88. The van der Waals surface area contributed by atoms with Gasteiger partial charge >= 0.3 is 0 Å². The number of benzene rings is 1. The topological polar surface area (TPSA) is 12.0 Å². The molecular weight excluding hydrogens is 273 g/mol. The average molecular weight is 298 g/mol. The standard InChI is InChI=1S/C17H25ClFN/c1-11(2)14-6-4-12(3)8-17(14)20-10-13-5-7-16(19)15(18)9-13/h5,7,9,11-12,14,17,20H,4,6,8,10H2,1-3H3. The first-order valence-electron chi connectivity index (χ1n) is 7.64. The molecule has 0 aromatic heterocycles. The average Bonchev–Trinajstić information content (AvgIpc) is 2.40. The van der Waals surface area contributed by atoms with Gasteiger partial charge in [0.25, 0.3) is 0 Å². The van der Waals surface area contributed by atoms with Crippen LogP contribution in [0.15, 0.2) is 18.2 Å². The summed E-state index contributed by atoms with van der Waals surface area (Å²) in [6, 6.07) is 5.54. The zero-order valence-corrected chi connectivity index (χ0v) is 13.4. The summed E-state index contributed by atoms with van der Waals surface area (Å²) in [5.74, 6) is 1.89. The number of halogens is 2. The Labute approximate surface area is 126 Å². The van der Waals surface area contributed by atoms with Gasteiger partial charge in [-0.05, 0) is 48.3 Å². The van der Waals surface area contributed by atoms with Gasteiger partial charge in [0.15, 0.2) is 0 Å². The predicted octanol–water partition coefficient (Wildman–Crippen LogP) is 5.03. The van der Waals surface area contributed by atoms with Crippen LogP contribution in [-0.2, 0) is 6.54 Å². The molecule has 0 heterocycles. The first kappa shape index (κ1) is 15.8. The molecule has 0 saturated heterocycles. The maximum atomic E-state index is 13.2. The molecule has 0 aliphatic heterocycles. The highest BCUT2D eigenvalue weighted by Gasteiger charge is 2.30. The molecule has 1 aliphatic carbocycles. The summed E-state index contributed by atoms with van der Waals surface area (Å²) in [5, 5.41) is 3.88. The lowest BCUT2D eigenvalue weighted by Gasteiger charge is -2.38. The van der Waals surface area contributed by atoms with Crippen LogP contribution in [0.5, 0.6) is 0 Å². The third kappa shape index (κ3) is 3.95. The highest BCUT2D eigenvalue weighted by molar-refractivity contribution is 6.30. The molecule has 0 radical (unpaired) electrons. The largest absolute Gasteiger partial charge is 0.310 e. The van der Waals surface area contributed by atoms with E-state index in [1.807, 2.05) is 6.07 Å². The second-order valence-corrected chi connectivity index (χ2v) is 6.97. The van der Waals surface area contributed by atoms with Gasteiger partial charge in [0.2, 0.25) is 0 Å². The second-order valence-electron chi connectivity index (χ2n) is 6.56. The van der Waals surface area contributed by atoms with Gasteiger partial charge in [-0.3, -0.25) is 0 Å². The van der Waals surface area contributed by atoms with E-state index in [2.05, 4.69) is 26.1 Å². The molecule has 0 bridgehead atoms. The molecule has 3 unspecified atom stereocenters. The van der Waals surface area contributed by atoms with Crippen LogP contribution in [0.25, 0.3) is 0 Å². The van der Waals surface area contributed by atoms with Gasteiger partial charge in [-0.1, -0.05) is 44.9 Å². The second kappa shape index (κ2) is 6.91. The van der Waals surface area contributed by atoms with Crippen molar-refractivity contribution in [1.82, 2.24) is 5.32 Å². The van der Waals surface area contributed by atoms with Crippen molar-refractivity contribution in [2.75, 3.05) is 0 Å². The van der Waals surface area contributed by atoms with Crippen molar-refractivity contribution < 1.29 is 4.39 Å². The molecule has 3 atom stereocenters. The van der Waals surface area contributed by atoms with Gasteiger partial charge in [0.1, 0.15) is 5.82 Å². The summed E-state index contributed by atoms with van der Waals surface area (Å²) in [7, 11) is 0. The van der Waals surface area contributed by atoms with E-state index in [1.165, 1.54) is 25.3 Å². The van der Waals surface area contributed by atoms with Crippen LogP contribution < -0.4 is 5.32 Å². The Kier molecular flexibility index (Phi) is 5.45. The number of hydrogen-bond acceptors (Lipinski definition) is 1. The van der Waals surface area contributed by atoms with Gasteiger partial charge < -0.3 is 5.32 Å². The Bertz CT molecular complexity index is 447. The molecule has 3 heteroatoms. The van der Waals surface area contributed by atoms with E-state index in [-0.39, 0.29) is 10.8 Å². The van der Waals surface area contributed by atoms with E-state index in [9.17, 15) is 4.39 Å². The van der Waals surface area contributed by atoms with E-state index in [1.54, 1.807) is 6.07 Å². The fraction of sp³-hybridized carbons (Fsp3) is 0.647. The van der Waals surface area contributed by atoms with Crippen LogP contribution >= 0.6 is 11.6 Å². The first-order valence-corrected chi connectivity index (χ1v) is 8.02. The van der Waals surface area contributed by atoms with Gasteiger partial charge in [-0.25, -0.2) is 4.39 Å². The molecule has 2 rings (SSSR count). The van der Waals surface area contributed by atoms with Crippen LogP contribution in [0.3, 0.4) is 0 Å². The van der Waals surface area contributed by atoms with Gasteiger partial charge in [-0.15, -0.1) is 0 Å². The summed E-state index contributed by atoms with van der Waals surface area (Å²) in [6.45, 7) is 7.72. The van der Waals surface area contributed by atoms with Crippen LogP contribution in [0.4, 0.5) is 4.39 Å². The minimum Gasteiger partial charge on any atom is -0.310 e. The maximum absolute atomic E-state index is 13.2. The molecule has 0 amide bonds. The lowest BCUT2D eigenvalue weighted by molar-refractivity contribution is 0.169. The molecule has 1 fully saturated rings. The molecule has 1 aromatic carbocycles. The third-order valence-electron chi connectivity index (χ3n) is 4.57. The zero-order chi connectivity index (χ0) is 14.7. The monoisotopic (exact) mass is 297 g/mol. The lowest BCUT2D eigenvalue weighted by Crippen LogP contribution is -2.42. The van der Waals surface area contributed by atoms with Crippen LogP contribution in [-0.4, -0.2) is 6.04 Å². The maximum Gasteiger partial charge on any atom is 0.141 e. The third-order valence-corrected chi connectivity index (χ3v) is 4.86. The van der Waals surface area contributed by atoms with Crippen molar-refractivity contribution in [3.05, 3.63) is 34.6 Å². The van der Waals surface area contributed by atoms with E-state index < -0.39 is 0 Å². The van der Waals surface area contributed by atoms with E-state index in [0.717, 1.165) is 23.9 Å². The number of hydrogen-bond donors (Lipinski definition) is 1. The summed E-state index contributed by atoms with van der Waals surface area (Å²) in [4.78, 5) is 0. The SMILES string of the molecule is CC1CCC(C(C)C)C(NCc2ccc(F)c(Cl)c2)C1. The smallest absolute Gasteiger partial charge is 0.141 e. The molecule has 1 N–H and O–H groups in total. The van der Waals surface area contributed by atoms with Crippen molar-refractivity contribution in [1.29, 1.82) is 0 Å². The predicted molar refractivity (Wildman–Crippen MR) is 83.4 cm³/mol. The van der Waals surface area contributed by atoms with Crippen molar-refractivity contribution >= 4 is 11.6 Å². The van der Waals surface area contributed by atoms with Crippen molar-refractivity contribution in [2.45, 2.75) is 52.6 Å². The highest BCUT2D eigenvalue weighted by atomic mass is 35.5. The quantitative estimate of drug-likeness (QED) is 0.822.